The maximum atomic E-state index is 12.3. The number of carbonyl (C=O) groups is 1. The van der Waals surface area contributed by atoms with Crippen LogP contribution in [0.2, 0.25) is 0 Å². The van der Waals surface area contributed by atoms with Crippen LogP contribution in [-0.2, 0) is 21.2 Å². The second-order valence-corrected chi connectivity index (χ2v) is 7.51. The molecule has 0 spiro atoms. The molecule has 1 fully saturated rings. The van der Waals surface area contributed by atoms with Crippen LogP contribution >= 0.6 is 0 Å². The summed E-state index contributed by atoms with van der Waals surface area (Å²) >= 11 is 0. The maximum Gasteiger partial charge on any atom is 0.238 e. The van der Waals surface area contributed by atoms with Crippen LogP contribution in [0, 0.1) is 0 Å². The van der Waals surface area contributed by atoms with E-state index in [1.54, 1.807) is 12.3 Å². The molecule has 118 valence electrons. The van der Waals surface area contributed by atoms with Crippen molar-refractivity contribution in [3.05, 3.63) is 24.2 Å². The molecule has 1 N–H and O–H groups in total. The van der Waals surface area contributed by atoms with Crippen LogP contribution in [0.3, 0.4) is 0 Å². The molecule has 1 saturated heterocycles. The molecule has 1 aromatic heterocycles. The van der Waals surface area contributed by atoms with Crippen LogP contribution < -0.4 is 5.32 Å². The average molecular weight is 314 g/mol. The Morgan fingerprint density at radius 3 is 2.90 bits per heavy atom. The summed E-state index contributed by atoms with van der Waals surface area (Å²) in [6, 6.07) is 2.96. The van der Waals surface area contributed by atoms with Crippen molar-refractivity contribution < 1.29 is 17.6 Å². The lowest BCUT2D eigenvalue weighted by Gasteiger charge is -2.33. The number of rotatable bonds is 5. The van der Waals surface area contributed by atoms with Crippen LogP contribution in [0.1, 0.15) is 31.9 Å². The van der Waals surface area contributed by atoms with Crippen molar-refractivity contribution in [2.45, 2.75) is 44.7 Å². The van der Waals surface area contributed by atoms with E-state index in [2.05, 4.69) is 5.32 Å². The Balaban J connectivity index is 1.97. The van der Waals surface area contributed by atoms with Gasteiger partial charge in [0.15, 0.2) is 0 Å². The number of furan rings is 1. The van der Waals surface area contributed by atoms with Crippen molar-refractivity contribution >= 4 is 15.9 Å². The fourth-order valence-corrected chi connectivity index (χ4v) is 3.81. The molecular weight excluding hydrogens is 292 g/mol. The molecule has 2 atom stereocenters. The molecule has 1 aromatic rings. The zero-order valence-electron chi connectivity index (χ0n) is 12.4. The Labute approximate surface area is 125 Å². The van der Waals surface area contributed by atoms with Gasteiger partial charge >= 0.3 is 0 Å². The van der Waals surface area contributed by atoms with Gasteiger partial charge in [0.2, 0.25) is 15.9 Å². The van der Waals surface area contributed by atoms with E-state index in [9.17, 15) is 13.2 Å². The summed E-state index contributed by atoms with van der Waals surface area (Å²) in [5.74, 6) is 0.575. The van der Waals surface area contributed by atoms with Crippen molar-refractivity contribution in [3.8, 4) is 0 Å². The summed E-state index contributed by atoms with van der Waals surface area (Å²) in [5.41, 5.74) is 0. The minimum Gasteiger partial charge on any atom is -0.469 e. The Morgan fingerprint density at radius 2 is 2.29 bits per heavy atom. The van der Waals surface area contributed by atoms with Gasteiger partial charge in [-0.25, -0.2) is 8.42 Å². The van der Waals surface area contributed by atoms with Gasteiger partial charge in [0, 0.05) is 19.0 Å². The van der Waals surface area contributed by atoms with E-state index in [4.69, 9.17) is 4.42 Å². The highest BCUT2D eigenvalue weighted by molar-refractivity contribution is 7.88. The number of carbonyl (C=O) groups excluding carboxylic acids is 1. The number of nitrogens with zero attached hydrogens (tertiary/aromatic N) is 1. The normalized spacial score (nSPS) is 21.9. The predicted octanol–water partition coefficient (Wildman–Crippen LogP) is 1.14. The van der Waals surface area contributed by atoms with Crippen LogP contribution in [0.5, 0.6) is 0 Å². The van der Waals surface area contributed by atoms with Crippen molar-refractivity contribution in [2.75, 3.05) is 12.8 Å². The van der Waals surface area contributed by atoms with Crippen molar-refractivity contribution in [2.24, 2.45) is 0 Å². The highest BCUT2D eigenvalue weighted by atomic mass is 32.2. The zero-order valence-corrected chi connectivity index (χ0v) is 13.2. The molecule has 1 aliphatic rings. The van der Waals surface area contributed by atoms with E-state index in [1.807, 2.05) is 13.0 Å². The maximum absolute atomic E-state index is 12.3. The van der Waals surface area contributed by atoms with Crippen molar-refractivity contribution in [1.82, 2.24) is 9.62 Å². The first-order chi connectivity index (χ1) is 9.88. The molecular formula is C14H22N2O4S. The first kappa shape index (κ1) is 16.0. The standard InChI is InChI=1S/C14H22N2O4S/c1-11(10-12-6-5-9-20-12)15-14(17)13-7-3-4-8-16(13)21(2,18)19/h5-6,9,11,13H,3-4,7-8,10H2,1-2H3,(H,15,17)/t11-,13+/m1/s1. The van der Waals surface area contributed by atoms with Gasteiger partial charge in [0.1, 0.15) is 11.8 Å². The Bertz CT molecular complexity index is 568. The van der Waals surface area contributed by atoms with E-state index in [-0.39, 0.29) is 11.9 Å². The quantitative estimate of drug-likeness (QED) is 0.884. The van der Waals surface area contributed by atoms with Gasteiger partial charge in [0.05, 0.1) is 12.5 Å². The topological polar surface area (TPSA) is 79.6 Å². The summed E-state index contributed by atoms with van der Waals surface area (Å²) in [6.07, 6.45) is 5.59. The molecule has 1 aliphatic heterocycles. The lowest BCUT2D eigenvalue weighted by atomic mass is 10.0. The van der Waals surface area contributed by atoms with Crippen molar-refractivity contribution in [3.63, 3.8) is 0 Å². The van der Waals surface area contributed by atoms with Crippen LogP contribution in [0.15, 0.2) is 22.8 Å². The lowest BCUT2D eigenvalue weighted by Crippen LogP contribution is -2.53. The predicted molar refractivity (Wildman–Crippen MR) is 79.2 cm³/mol. The second-order valence-electron chi connectivity index (χ2n) is 5.58. The van der Waals surface area contributed by atoms with E-state index in [1.165, 1.54) is 4.31 Å². The summed E-state index contributed by atoms with van der Waals surface area (Å²) in [6.45, 7) is 2.30. The molecule has 0 bridgehead atoms. The molecule has 0 saturated carbocycles. The number of sulfonamides is 1. The van der Waals surface area contributed by atoms with E-state index < -0.39 is 16.1 Å². The summed E-state index contributed by atoms with van der Waals surface area (Å²) < 4.78 is 30.1. The number of amides is 1. The smallest absolute Gasteiger partial charge is 0.238 e. The minimum atomic E-state index is -3.35. The minimum absolute atomic E-state index is 0.105. The molecule has 6 nitrogen and oxygen atoms in total. The van der Waals surface area contributed by atoms with E-state index in [0.29, 0.717) is 19.4 Å². The first-order valence-corrected chi connectivity index (χ1v) is 9.02. The monoisotopic (exact) mass is 314 g/mol. The van der Waals surface area contributed by atoms with Gasteiger partial charge in [0.25, 0.3) is 0 Å². The molecule has 0 unspecified atom stereocenters. The van der Waals surface area contributed by atoms with Crippen LogP contribution in [-0.4, -0.2) is 43.5 Å². The summed E-state index contributed by atoms with van der Waals surface area (Å²) in [7, 11) is -3.35. The molecule has 0 aliphatic carbocycles. The fraction of sp³-hybridized carbons (Fsp3) is 0.643. The zero-order chi connectivity index (χ0) is 15.5. The lowest BCUT2D eigenvalue weighted by molar-refractivity contribution is -0.126. The highest BCUT2D eigenvalue weighted by Crippen LogP contribution is 2.20. The van der Waals surface area contributed by atoms with Gasteiger partial charge in [-0.2, -0.15) is 4.31 Å². The van der Waals surface area contributed by atoms with Gasteiger partial charge in [-0.1, -0.05) is 6.42 Å². The molecule has 0 radical (unpaired) electrons. The van der Waals surface area contributed by atoms with E-state index in [0.717, 1.165) is 24.9 Å². The third-order valence-electron chi connectivity index (χ3n) is 3.66. The van der Waals surface area contributed by atoms with Crippen LogP contribution in [0.4, 0.5) is 0 Å². The third-order valence-corrected chi connectivity index (χ3v) is 4.95. The van der Waals surface area contributed by atoms with E-state index >= 15 is 0 Å². The van der Waals surface area contributed by atoms with Crippen LogP contribution in [0.25, 0.3) is 0 Å². The van der Waals surface area contributed by atoms with Crippen molar-refractivity contribution in [1.29, 1.82) is 0 Å². The molecule has 2 heterocycles. The largest absolute Gasteiger partial charge is 0.469 e. The highest BCUT2D eigenvalue weighted by Gasteiger charge is 2.34. The van der Waals surface area contributed by atoms with Gasteiger partial charge < -0.3 is 9.73 Å². The summed E-state index contributed by atoms with van der Waals surface area (Å²) in [4.78, 5) is 12.3. The molecule has 1 amide bonds. The molecule has 0 aromatic carbocycles. The Hall–Kier alpha value is -1.34. The molecule has 2 rings (SSSR count). The Kier molecular flexibility index (Phi) is 5.05. The second kappa shape index (κ2) is 6.62. The molecule has 21 heavy (non-hydrogen) atoms. The van der Waals surface area contributed by atoms with Gasteiger partial charge in [-0.3, -0.25) is 4.79 Å². The van der Waals surface area contributed by atoms with Gasteiger partial charge in [-0.05, 0) is 31.9 Å². The Morgan fingerprint density at radius 1 is 1.52 bits per heavy atom. The number of hydrogen-bond donors (Lipinski definition) is 1. The third kappa shape index (κ3) is 4.31. The number of piperidine rings is 1. The summed E-state index contributed by atoms with van der Waals surface area (Å²) in [5, 5.41) is 2.88. The SMILES string of the molecule is C[C@H](Cc1ccco1)NC(=O)[C@@H]1CCCCN1S(C)(=O)=O. The molecule has 7 heteroatoms. The first-order valence-electron chi connectivity index (χ1n) is 7.17. The fourth-order valence-electron chi connectivity index (χ4n) is 2.68. The number of hydrogen-bond acceptors (Lipinski definition) is 4. The average Bonchev–Trinajstić information content (AvgIpc) is 2.90. The van der Waals surface area contributed by atoms with Gasteiger partial charge in [-0.15, -0.1) is 0 Å². The number of nitrogens with one attached hydrogen (secondary N) is 1.